The molecular formula is C18H25NO. The second-order valence-electron chi connectivity index (χ2n) is 6.21. The van der Waals surface area contributed by atoms with E-state index in [0.29, 0.717) is 0 Å². The van der Waals surface area contributed by atoms with Crippen molar-refractivity contribution in [1.82, 2.24) is 4.90 Å². The quantitative estimate of drug-likeness (QED) is 0.899. The first-order chi connectivity index (χ1) is 9.49. The Bertz CT molecular complexity index is 562. The van der Waals surface area contributed by atoms with Gasteiger partial charge in [0.15, 0.2) is 0 Å². The molecule has 2 atom stereocenters. The van der Waals surface area contributed by atoms with Crippen molar-refractivity contribution in [1.29, 1.82) is 0 Å². The number of hydrogen-bond donors (Lipinski definition) is 1. The van der Waals surface area contributed by atoms with Gasteiger partial charge in [-0.2, -0.15) is 0 Å². The first-order valence-corrected chi connectivity index (χ1v) is 7.30. The topological polar surface area (TPSA) is 23.5 Å². The van der Waals surface area contributed by atoms with Crippen LogP contribution < -0.4 is 0 Å². The van der Waals surface area contributed by atoms with Crippen molar-refractivity contribution in [2.45, 2.75) is 25.9 Å². The molecule has 0 spiro atoms. The van der Waals surface area contributed by atoms with Crippen LogP contribution in [0.1, 0.15) is 25.3 Å². The zero-order valence-electron chi connectivity index (χ0n) is 12.9. The van der Waals surface area contributed by atoms with E-state index >= 15 is 0 Å². The summed E-state index contributed by atoms with van der Waals surface area (Å²) in [6, 6.07) is 14.9. The van der Waals surface area contributed by atoms with Crippen LogP contribution in [0.2, 0.25) is 0 Å². The summed E-state index contributed by atoms with van der Waals surface area (Å²) >= 11 is 0. The average molecular weight is 271 g/mol. The van der Waals surface area contributed by atoms with Gasteiger partial charge in [-0.3, -0.25) is 0 Å². The lowest BCUT2D eigenvalue weighted by molar-refractivity contribution is 0.0848. The monoisotopic (exact) mass is 271 g/mol. The normalized spacial score (nSPS) is 14.9. The fourth-order valence-corrected chi connectivity index (χ4v) is 2.71. The van der Waals surface area contributed by atoms with E-state index in [1.165, 1.54) is 16.3 Å². The lowest BCUT2D eigenvalue weighted by atomic mass is 9.86. The number of nitrogens with zero attached hydrogens (tertiary/aromatic N) is 1. The molecule has 0 amide bonds. The molecule has 0 aliphatic carbocycles. The van der Waals surface area contributed by atoms with Gasteiger partial charge in [-0.25, -0.2) is 0 Å². The Morgan fingerprint density at radius 1 is 1.00 bits per heavy atom. The number of fused-ring (bicyclic) bond motifs is 1. The van der Waals surface area contributed by atoms with Crippen molar-refractivity contribution in [3.8, 4) is 0 Å². The van der Waals surface area contributed by atoms with Crippen LogP contribution in [0.3, 0.4) is 0 Å². The molecule has 2 rings (SSSR count). The number of rotatable bonds is 5. The predicted octanol–water partition coefficient (Wildman–Crippen LogP) is 3.50. The lowest BCUT2D eigenvalue weighted by Gasteiger charge is -2.29. The zero-order valence-corrected chi connectivity index (χ0v) is 12.9. The molecule has 0 radical (unpaired) electrons. The summed E-state index contributed by atoms with van der Waals surface area (Å²) in [7, 11) is 4.11. The third-order valence-corrected chi connectivity index (χ3v) is 3.86. The van der Waals surface area contributed by atoms with Crippen molar-refractivity contribution < 1.29 is 5.11 Å². The van der Waals surface area contributed by atoms with E-state index in [-0.39, 0.29) is 17.9 Å². The third kappa shape index (κ3) is 3.38. The molecule has 20 heavy (non-hydrogen) atoms. The van der Waals surface area contributed by atoms with Gasteiger partial charge in [0.25, 0.3) is 0 Å². The van der Waals surface area contributed by atoms with Crippen LogP contribution in [0, 0.1) is 5.92 Å². The van der Waals surface area contributed by atoms with E-state index in [1.807, 2.05) is 0 Å². The second kappa shape index (κ2) is 6.38. The molecule has 2 nitrogen and oxygen atoms in total. The molecule has 0 saturated heterocycles. The van der Waals surface area contributed by atoms with Crippen LogP contribution in [0.4, 0.5) is 0 Å². The van der Waals surface area contributed by atoms with Gasteiger partial charge < -0.3 is 10.0 Å². The number of benzene rings is 2. The summed E-state index contributed by atoms with van der Waals surface area (Å²) in [5.41, 5.74) is 1.22. The van der Waals surface area contributed by atoms with Crippen LogP contribution >= 0.6 is 0 Å². The van der Waals surface area contributed by atoms with Crippen LogP contribution in [-0.2, 0) is 0 Å². The Hall–Kier alpha value is -1.38. The SMILES string of the molecule is CC(C)[C@@H](O)[C@H](CN(C)C)c1ccc2ccccc2c1. The fraction of sp³-hybridized carbons (Fsp3) is 0.444. The summed E-state index contributed by atoms with van der Waals surface area (Å²) in [4.78, 5) is 2.14. The molecule has 108 valence electrons. The highest BCUT2D eigenvalue weighted by Gasteiger charge is 2.24. The highest BCUT2D eigenvalue weighted by molar-refractivity contribution is 5.83. The van der Waals surface area contributed by atoms with E-state index in [0.717, 1.165) is 6.54 Å². The standard InChI is InChI=1S/C18H25NO/c1-13(2)18(20)17(12-19(3)4)16-10-9-14-7-5-6-8-15(14)11-16/h5-11,13,17-18,20H,12H2,1-4H3/t17-,18-/m1/s1. The van der Waals surface area contributed by atoms with E-state index in [4.69, 9.17) is 0 Å². The number of aliphatic hydroxyl groups is 1. The van der Waals surface area contributed by atoms with Gasteiger partial charge in [0.05, 0.1) is 6.10 Å². The predicted molar refractivity (Wildman–Crippen MR) is 86.1 cm³/mol. The fourth-order valence-electron chi connectivity index (χ4n) is 2.71. The minimum atomic E-state index is -0.321. The number of aliphatic hydroxyl groups excluding tert-OH is 1. The Kier molecular flexibility index (Phi) is 4.79. The maximum atomic E-state index is 10.5. The third-order valence-electron chi connectivity index (χ3n) is 3.86. The van der Waals surface area contributed by atoms with Crippen LogP contribution in [0.15, 0.2) is 42.5 Å². The van der Waals surface area contributed by atoms with Crippen LogP contribution in [0.5, 0.6) is 0 Å². The lowest BCUT2D eigenvalue weighted by Crippen LogP contribution is -2.32. The first-order valence-electron chi connectivity index (χ1n) is 7.30. The highest BCUT2D eigenvalue weighted by atomic mass is 16.3. The molecule has 0 bridgehead atoms. The molecule has 2 aromatic carbocycles. The minimum absolute atomic E-state index is 0.148. The molecular weight excluding hydrogens is 246 g/mol. The Labute approximate surface area is 122 Å². The molecule has 0 aliphatic heterocycles. The van der Waals surface area contributed by atoms with Crippen molar-refractivity contribution in [2.75, 3.05) is 20.6 Å². The molecule has 0 aliphatic rings. The largest absolute Gasteiger partial charge is 0.392 e. The van der Waals surface area contributed by atoms with Gasteiger partial charge in [-0.05, 0) is 36.3 Å². The van der Waals surface area contributed by atoms with Crippen molar-refractivity contribution in [3.05, 3.63) is 48.0 Å². The Morgan fingerprint density at radius 3 is 2.25 bits per heavy atom. The molecule has 2 aromatic rings. The molecule has 1 N–H and O–H groups in total. The van der Waals surface area contributed by atoms with E-state index < -0.39 is 0 Å². The minimum Gasteiger partial charge on any atom is -0.392 e. The molecule has 0 fully saturated rings. The van der Waals surface area contributed by atoms with Gasteiger partial charge in [0.2, 0.25) is 0 Å². The number of likely N-dealkylation sites (N-methyl/N-ethyl adjacent to an activating group) is 1. The van der Waals surface area contributed by atoms with Gasteiger partial charge in [-0.1, -0.05) is 56.3 Å². The van der Waals surface area contributed by atoms with Crippen LogP contribution in [-0.4, -0.2) is 36.8 Å². The molecule has 0 saturated carbocycles. The van der Waals surface area contributed by atoms with Gasteiger partial charge in [-0.15, -0.1) is 0 Å². The smallest absolute Gasteiger partial charge is 0.0643 e. The molecule has 0 unspecified atom stereocenters. The molecule has 0 aromatic heterocycles. The highest BCUT2D eigenvalue weighted by Crippen LogP contribution is 2.28. The maximum Gasteiger partial charge on any atom is 0.0643 e. The van der Waals surface area contributed by atoms with E-state index in [2.05, 4.69) is 75.3 Å². The summed E-state index contributed by atoms with van der Waals surface area (Å²) in [5.74, 6) is 0.404. The van der Waals surface area contributed by atoms with Crippen molar-refractivity contribution in [2.24, 2.45) is 5.92 Å². The van der Waals surface area contributed by atoms with Gasteiger partial charge >= 0.3 is 0 Å². The summed E-state index contributed by atoms with van der Waals surface area (Å²) < 4.78 is 0. The van der Waals surface area contributed by atoms with E-state index in [1.54, 1.807) is 0 Å². The summed E-state index contributed by atoms with van der Waals surface area (Å²) in [6.07, 6.45) is -0.321. The summed E-state index contributed by atoms with van der Waals surface area (Å²) in [5, 5.41) is 13.0. The van der Waals surface area contributed by atoms with Crippen molar-refractivity contribution >= 4 is 10.8 Å². The second-order valence-corrected chi connectivity index (χ2v) is 6.21. The summed E-state index contributed by atoms with van der Waals surface area (Å²) in [6.45, 7) is 5.01. The number of hydrogen-bond acceptors (Lipinski definition) is 2. The molecule has 2 heteroatoms. The maximum absolute atomic E-state index is 10.5. The first kappa shape index (κ1) is 15.0. The van der Waals surface area contributed by atoms with E-state index in [9.17, 15) is 5.11 Å². The zero-order chi connectivity index (χ0) is 14.7. The Morgan fingerprint density at radius 2 is 1.65 bits per heavy atom. The van der Waals surface area contributed by atoms with Gasteiger partial charge in [0.1, 0.15) is 0 Å². The Balaban J connectivity index is 2.39. The van der Waals surface area contributed by atoms with Crippen LogP contribution in [0.25, 0.3) is 10.8 Å². The molecule has 0 heterocycles. The van der Waals surface area contributed by atoms with Gasteiger partial charge in [0, 0.05) is 12.5 Å². The van der Waals surface area contributed by atoms with Crippen molar-refractivity contribution in [3.63, 3.8) is 0 Å². The average Bonchev–Trinajstić information content (AvgIpc) is 2.43.